The van der Waals surface area contributed by atoms with E-state index in [2.05, 4.69) is 241 Å². The molecule has 0 N–H and O–H groups in total. The van der Waals surface area contributed by atoms with Crippen molar-refractivity contribution in [1.29, 1.82) is 0 Å². The maximum Gasteiger partial charge on any atom is 0.0476 e. The highest BCUT2D eigenvalue weighted by Crippen LogP contribution is 2.46. The topological polar surface area (TPSA) is 3.24 Å². The summed E-state index contributed by atoms with van der Waals surface area (Å²) in [6.45, 7) is 0. The molecule has 0 aliphatic heterocycles. The monoisotopic (exact) mass is 805 g/mol. The highest BCUT2D eigenvalue weighted by atomic mass is 32.1. The van der Waals surface area contributed by atoms with E-state index in [0.29, 0.717) is 0 Å². The van der Waals surface area contributed by atoms with Crippen LogP contribution in [0.4, 0.5) is 17.1 Å². The Balaban J connectivity index is 0.972. The fourth-order valence-electron chi connectivity index (χ4n) is 9.27. The number of benzene rings is 11. The average molecular weight is 806 g/mol. The second-order valence-corrected chi connectivity index (χ2v) is 17.2. The van der Waals surface area contributed by atoms with E-state index >= 15 is 0 Å². The number of thiophene rings is 1. The lowest BCUT2D eigenvalue weighted by Crippen LogP contribution is -2.09. The average Bonchev–Trinajstić information content (AvgIpc) is 3.72. The van der Waals surface area contributed by atoms with Crippen molar-refractivity contribution >= 4 is 80.9 Å². The summed E-state index contributed by atoms with van der Waals surface area (Å²) < 4.78 is 2.59. The summed E-state index contributed by atoms with van der Waals surface area (Å²) in [6.07, 6.45) is 0. The van der Waals surface area contributed by atoms with Crippen LogP contribution in [0.2, 0.25) is 0 Å². The standard InChI is InChI=1S/C60H39NS/c1-3-13-40(14-4-1)48-33-49(41-15-5-2-6-16-41)35-50(34-48)44-23-25-45(26-24-44)57-39-58-55-32-31-53(38-59(55)62-60(58)56-22-12-11-21-54(56)57)61(51-29-27-42-17-7-9-19-46(42)36-51)52-30-28-43-18-8-10-20-47(43)37-52/h1-39H. The van der Waals surface area contributed by atoms with Gasteiger partial charge in [0.05, 0.1) is 0 Å². The minimum Gasteiger partial charge on any atom is -0.310 e. The number of fused-ring (bicyclic) bond motifs is 7. The Morgan fingerprint density at radius 2 is 0.710 bits per heavy atom. The maximum atomic E-state index is 2.43. The number of rotatable bonds is 7. The summed E-state index contributed by atoms with van der Waals surface area (Å²) in [5, 5.41) is 10.1. The molecule has 0 unspecified atom stereocenters. The normalized spacial score (nSPS) is 11.5. The third kappa shape index (κ3) is 6.41. The Labute approximate surface area is 365 Å². The Kier molecular flexibility index (Phi) is 8.76. The first-order valence-corrected chi connectivity index (χ1v) is 22.0. The van der Waals surface area contributed by atoms with Crippen LogP contribution in [0.25, 0.3) is 97.0 Å². The van der Waals surface area contributed by atoms with E-state index < -0.39 is 0 Å². The van der Waals surface area contributed by atoms with Gasteiger partial charge in [-0.25, -0.2) is 0 Å². The summed E-state index contributed by atoms with van der Waals surface area (Å²) in [6, 6.07) is 86.7. The molecule has 12 aromatic rings. The van der Waals surface area contributed by atoms with Gasteiger partial charge in [0.2, 0.25) is 0 Å². The number of hydrogen-bond acceptors (Lipinski definition) is 2. The van der Waals surface area contributed by atoms with Crippen molar-refractivity contribution in [2.24, 2.45) is 0 Å². The van der Waals surface area contributed by atoms with Crippen molar-refractivity contribution in [3.63, 3.8) is 0 Å². The highest BCUT2D eigenvalue weighted by Gasteiger charge is 2.18. The van der Waals surface area contributed by atoms with E-state index in [1.165, 1.54) is 97.0 Å². The summed E-state index contributed by atoms with van der Waals surface area (Å²) in [7, 11) is 0. The van der Waals surface area contributed by atoms with E-state index in [0.717, 1.165) is 17.1 Å². The lowest BCUT2D eigenvalue weighted by atomic mass is 9.91. The predicted molar refractivity (Wildman–Crippen MR) is 268 cm³/mol. The van der Waals surface area contributed by atoms with E-state index in [4.69, 9.17) is 0 Å². The van der Waals surface area contributed by atoms with Crippen LogP contribution >= 0.6 is 11.3 Å². The molecule has 0 aliphatic carbocycles. The number of nitrogens with zero attached hydrogens (tertiary/aromatic N) is 1. The lowest BCUT2D eigenvalue weighted by molar-refractivity contribution is 1.30. The maximum absolute atomic E-state index is 2.43. The summed E-state index contributed by atoms with van der Waals surface area (Å²) in [4.78, 5) is 2.41. The van der Waals surface area contributed by atoms with Gasteiger partial charge in [0, 0.05) is 42.6 Å². The van der Waals surface area contributed by atoms with Gasteiger partial charge in [-0.15, -0.1) is 11.3 Å². The van der Waals surface area contributed by atoms with Gasteiger partial charge in [-0.3, -0.25) is 0 Å². The Morgan fingerprint density at radius 1 is 0.258 bits per heavy atom. The van der Waals surface area contributed by atoms with Gasteiger partial charge in [-0.2, -0.15) is 0 Å². The zero-order valence-corrected chi connectivity index (χ0v) is 34.7. The zero-order chi connectivity index (χ0) is 41.0. The number of hydrogen-bond donors (Lipinski definition) is 0. The molecule has 0 aliphatic rings. The molecule has 1 heterocycles. The quantitative estimate of drug-likeness (QED) is 0.155. The second kappa shape index (κ2) is 15.0. The highest BCUT2D eigenvalue weighted by molar-refractivity contribution is 7.26. The summed E-state index contributed by atoms with van der Waals surface area (Å²) in [5.41, 5.74) is 13.1. The van der Waals surface area contributed by atoms with Crippen molar-refractivity contribution in [1.82, 2.24) is 0 Å². The molecule has 1 nitrogen and oxygen atoms in total. The van der Waals surface area contributed by atoms with Gasteiger partial charge in [0.15, 0.2) is 0 Å². The van der Waals surface area contributed by atoms with Crippen LogP contribution in [-0.2, 0) is 0 Å². The van der Waals surface area contributed by atoms with Gasteiger partial charge in [-0.05, 0) is 132 Å². The molecular weight excluding hydrogens is 767 g/mol. The van der Waals surface area contributed by atoms with Crippen molar-refractivity contribution in [2.75, 3.05) is 4.90 Å². The van der Waals surface area contributed by atoms with Crippen LogP contribution in [0.5, 0.6) is 0 Å². The molecule has 0 spiro atoms. The van der Waals surface area contributed by atoms with Crippen molar-refractivity contribution in [3.8, 4) is 44.5 Å². The van der Waals surface area contributed by atoms with E-state index in [9.17, 15) is 0 Å². The van der Waals surface area contributed by atoms with E-state index in [-0.39, 0.29) is 0 Å². The smallest absolute Gasteiger partial charge is 0.0476 e. The molecule has 0 amide bonds. The molecule has 12 rings (SSSR count). The first-order valence-electron chi connectivity index (χ1n) is 21.2. The molecule has 62 heavy (non-hydrogen) atoms. The minimum atomic E-state index is 1.14. The van der Waals surface area contributed by atoms with Gasteiger partial charge < -0.3 is 4.90 Å². The van der Waals surface area contributed by atoms with Gasteiger partial charge >= 0.3 is 0 Å². The van der Waals surface area contributed by atoms with E-state index in [1.54, 1.807) is 0 Å². The van der Waals surface area contributed by atoms with Crippen LogP contribution in [0.1, 0.15) is 0 Å². The summed E-state index contributed by atoms with van der Waals surface area (Å²) >= 11 is 1.89. The van der Waals surface area contributed by atoms with Gasteiger partial charge in [-0.1, -0.05) is 176 Å². The molecule has 2 heteroatoms. The largest absolute Gasteiger partial charge is 0.310 e. The molecule has 0 atom stereocenters. The first-order chi connectivity index (χ1) is 30.7. The Bertz CT molecular complexity index is 3490. The molecule has 0 saturated heterocycles. The SMILES string of the molecule is c1ccc(-c2cc(-c3ccccc3)cc(-c3ccc(-c4cc5c6ccc(N(c7ccc8ccccc8c7)c7ccc8ccccc8c7)cc6sc5c5ccccc45)cc3)c2)cc1. The molecule has 1 aromatic heterocycles. The van der Waals surface area contributed by atoms with Crippen LogP contribution in [-0.4, -0.2) is 0 Å². The predicted octanol–water partition coefficient (Wildman–Crippen LogP) is 17.7. The molecule has 11 aromatic carbocycles. The Hall–Kier alpha value is -7.78. The Morgan fingerprint density at radius 3 is 1.29 bits per heavy atom. The fourth-order valence-corrected chi connectivity index (χ4v) is 10.5. The molecule has 0 radical (unpaired) electrons. The van der Waals surface area contributed by atoms with Gasteiger partial charge in [0.1, 0.15) is 0 Å². The molecule has 0 saturated carbocycles. The van der Waals surface area contributed by atoms with Crippen LogP contribution in [0.15, 0.2) is 237 Å². The van der Waals surface area contributed by atoms with Crippen LogP contribution < -0.4 is 4.90 Å². The zero-order valence-electron chi connectivity index (χ0n) is 33.9. The molecular formula is C60H39NS. The van der Waals surface area contributed by atoms with Crippen molar-refractivity contribution in [3.05, 3.63) is 237 Å². The lowest BCUT2D eigenvalue weighted by Gasteiger charge is -2.26. The van der Waals surface area contributed by atoms with Crippen LogP contribution in [0, 0.1) is 0 Å². The van der Waals surface area contributed by atoms with E-state index in [1.807, 2.05) is 11.3 Å². The van der Waals surface area contributed by atoms with Crippen LogP contribution in [0.3, 0.4) is 0 Å². The minimum absolute atomic E-state index is 1.14. The molecule has 0 fully saturated rings. The molecule has 0 bridgehead atoms. The van der Waals surface area contributed by atoms with Crippen molar-refractivity contribution in [2.45, 2.75) is 0 Å². The fraction of sp³-hybridized carbons (Fsp3) is 0. The first kappa shape index (κ1) is 36.1. The van der Waals surface area contributed by atoms with Gasteiger partial charge in [0.25, 0.3) is 0 Å². The number of anilines is 3. The van der Waals surface area contributed by atoms with Crippen molar-refractivity contribution < 1.29 is 0 Å². The second-order valence-electron chi connectivity index (χ2n) is 16.1. The third-order valence-electron chi connectivity index (χ3n) is 12.4. The molecule has 290 valence electrons. The summed E-state index contributed by atoms with van der Waals surface area (Å²) in [5.74, 6) is 0. The third-order valence-corrected chi connectivity index (χ3v) is 13.6.